The van der Waals surface area contributed by atoms with Gasteiger partial charge in [-0.3, -0.25) is 9.59 Å². The maximum Gasteiger partial charge on any atom is 0.419 e. The Bertz CT molecular complexity index is 1460. The summed E-state index contributed by atoms with van der Waals surface area (Å²) in [6.07, 6.45) is 1.60. The van der Waals surface area contributed by atoms with E-state index in [0.717, 1.165) is 10.5 Å². The third kappa shape index (κ3) is 6.35. The largest absolute Gasteiger partial charge is 0.426 e. The Hall–Kier alpha value is -4.98. The number of H-pyrrole nitrogens is 1. The van der Waals surface area contributed by atoms with Crippen LogP contribution in [-0.2, 0) is 14.3 Å². The number of nitrogens with zero attached hydrogens (tertiary/aromatic N) is 3. The number of aliphatic hydroxyl groups is 1. The van der Waals surface area contributed by atoms with Crippen LogP contribution >= 0.6 is 0 Å². The van der Waals surface area contributed by atoms with Crippen molar-refractivity contribution in [3.05, 3.63) is 64.7 Å². The fourth-order valence-corrected chi connectivity index (χ4v) is 3.69. The van der Waals surface area contributed by atoms with E-state index in [0.29, 0.717) is 35.3 Å². The van der Waals surface area contributed by atoms with Crippen molar-refractivity contribution in [1.82, 2.24) is 15.0 Å². The van der Waals surface area contributed by atoms with E-state index in [1.165, 1.54) is 25.5 Å². The fraction of sp³-hybridized carbons (Fsp3) is 0.308. The molecule has 1 atom stereocenters. The van der Waals surface area contributed by atoms with Gasteiger partial charge in [-0.1, -0.05) is 11.2 Å². The number of carbonyl (C=O) groups is 4. The van der Waals surface area contributed by atoms with Crippen molar-refractivity contribution in [1.29, 1.82) is 0 Å². The first-order valence-corrected chi connectivity index (χ1v) is 12.3. The molecule has 1 saturated carbocycles. The Morgan fingerprint density at radius 2 is 2.00 bits per heavy atom. The van der Waals surface area contributed by atoms with Crippen molar-refractivity contribution >= 4 is 41.2 Å². The van der Waals surface area contributed by atoms with Crippen LogP contribution < -0.4 is 11.1 Å². The molecule has 0 radical (unpaired) electrons. The summed E-state index contributed by atoms with van der Waals surface area (Å²) in [5.74, 6) is -1.68. The second-order valence-corrected chi connectivity index (χ2v) is 9.11. The number of benzene rings is 1. The van der Waals surface area contributed by atoms with Gasteiger partial charge in [0.25, 0.3) is 11.8 Å². The summed E-state index contributed by atoms with van der Waals surface area (Å²) in [6, 6.07) is 6.07. The van der Waals surface area contributed by atoms with E-state index in [1.54, 1.807) is 32.0 Å². The number of aliphatic hydroxyl groups excluding tert-OH is 1. The van der Waals surface area contributed by atoms with E-state index in [1.807, 2.05) is 0 Å². The minimum Gasteiger partial charge on any atom is -0.426 e. The number of aliphatic imine (C=N–C) groups is 1. The lowest BCUT2D eigenvalue weighted by Gasteiger charge is -2.20. The number of aryl methyl sites for hydroxylation is 1. The number of nitrogens with two attached hydrogens (primary N) is 1. The molecule has 2 heterocycles. The van der Waals surface area contributed by atoms with Gasteiger partial charge in [0.05, 0.1) is 16.9 Å². The second kappa shape index (κ2) is 11.8. The number of esters is 1. The monoisotopic (exact) mass is 552 g/mol. The van der Waals surface area contributed by atoms with Gasteiger partial charge in [-0.2, -0.15) is 0 Å². The van der Waals surface area contributed by atoms with E-state index >= 15 is 0 Å². The number of aromatic nitrogens is 2. The number of amides is 3. The highest BCUT2D eigenvalue weighted by atomic mass is 16.7. The van der Waals surface area contributed by atoms with Gasteiger partial charge in [0.2, 0.25) is 6.79 Å². The van der Waals surface area contributed by atoms with Gasteiger partial charge >= 0.3 is 12.1 Å². The molecule has 3 aromatic rings. The molecule has 3 amide bonds. The SMILES string of the molecule is Cc1ccc(C(=O)Nc2ccon2)cc1N=C(N)c1[nH]cc(C(=O)N(C(=O)OCOC(=O)C(C)O)C2CC2)c1C. The van der Waals surface area contributed by atoms with Gasteiger partial charge in [0.1, 0.15) is 18.2 Å². The Morgan fingerprint density at radius 1 is 1.25 bits per heavy atom. The van der Waals surface area contributed by atoms with Crippen LogP contribution in [0.15, 0.2) is 46.2 Å². The molecule has 2 aromatic heterocycles. The number of aromatic amines is 1. The van der Waals surface area contributed by atoms with Crippen molar-refractivity contribution in [2.75, 3.05) is 12.1 Å². The molecule has 4 rings (SSSR count). The first kappa shape index (κ1) is 28.0. The standard InChI is InChI=1S/C26H28N6O8/c1-13-4-5-16(23(34)30-20-8-9-40-31-20)10-19(13)29-22(27)21-14(2)18(11-28-21)24(35)32(17-6-7-17)26(37)39-12-38-25(36)15(3)33/h4-5,8-11,15,17,28,33H,6-7,12H2,1-3H3,(H2,27,29)(H,30,31,34). The molecule has 1 unspecified atom stereocenters. The number of rotatable bonds is 9. The van der Waals surface area contributed by atoms with Crippen molar-refractivity contribution in [2.45, 2.75) is 45.8 Å². The minimum absolute atomic E-state index is 0.0549. The first-order chi connectivity index (χ1) is 19.1. The second-order valence-electron chi connectivity index (χ2n) is 9.11. The Balaban J connectivity index is 1.50. The van der Waals surface area contributed by atoms with Gasteiger partial charge in [-0.05, 0) is 56.9 Å². The molecule has 0 bridgehead atoms. The maximum atomic E-state index is 13.3. The maximum absolute atomic E-state index is 13.3. The molecule has 5 N–H and O–H groups in total. The third-order valence-electron chi connectivity index (χ3n) is 6.07. The summed E-state index contributed by atoms with van der Waals surface area (Å²) in [5.41, 5.74) is 8.76. The first-order valence-electron chi connectivity index (χ1n) is 12.3. The summed E-state index contributed by atoms with van der Waals surface area (Å²) in [6.45, 7) is 3.92. The quantitative estimate of drug-likeness (QED) is 0.132. The predicted octanol–water partition coefficient (Wildman–Crippen LogP) is 2.53. The van der Waals surface area contributed by atoms with Crippen LogP contribution in [0, 0.1) is 13.8 Å². The zero-order valence-electron chi connectivity index (χ0n) is 22.0. The van der Waals surface area contributed by atoms with Crippen LogP contribution in [-0.4, -0.2) is 68.8 Å². The number of ether oxygens (including phenoxy) is 2. The lowest BCUT2D eigenvalue weighted by atomic mass is 10.1. The van der Waals surface area contributed by atoms with E-state index in [2.05, 4.69) is 25.2 Å². The van der Waals surface area contributed by atoms with E-state index < -0.39 is 36.8 Å². The predicted molar refractivity (Wildman–Crippen MR) is 140 cm³/mol. The smallest absolute Gasteiger partial charge is 0.419 e. The van der Waals surface area contributed by atoms with E-state index in [4.69, 9.17) is 15.0 Å². The van der Waals surface area contributed by atoms with Crippen molar-refractivity contribution in [3.8, 4) is 0 Å². The molecule has 210 valence electrons. The normalized spacial score (nSPS) is 13.8. The number of anilines is 1. The highest BCUT2D eigenvalue weighted by molar-refractivity contribution is 6.08. The molecule has 1 aliphatic carbocycles. The summed E-state index contributed by atoms with van der Waals surface area (Å²) in [7, 11) is 0. The van der Waals surface area contributed by atoms with Crippen LogP contribution in [0.3, 0.4) is 0 Å². The van der Waals surface area contributed by atoms with Crippen molar-refractivity contribution < 1.29 is 38.3 Å². The highest BCUT2D eigenvalue weighted by Crippen LogP contribution is 2.30. The molecule has 1 aromatic carbocycles. The summed E-state index contributed by atoms with van der Waals surface area (Å²) in [5, 5.41) is 15.4. The molecular weight excluding hydrogens is 524 g/mol. The topological polar surface area (TPSA) is 202 Å². The number of imide groups is 1. The lowest BCUT2D eigenvalue weighted by Crippen LogP contribution is -2.40. The number of hydrogen-bond donors (Lipinski definition) is 4. The van der Waals surface area contributed by atoms with Gasteiger partial charge < -0.3 is 35.1 Å². The molecule has 1 fully saturated rings. The Morgan fingerprint density at radius 3 is 2.65 bits per heavy atom. The van der Waals surface area contributed by atoms with Crippen LogP contribution in [0.4, 0.5) is 16.3 Å². The molecule has 14 nitrogen and oxygen atoms in total. The summed E-state index contributed by atoms with van der Waals surface area (Å²) < 4.78 is 14.3. The fourth-order valence-electron chi connectivity index (χ4n) is 3.69. The van der Waals surface area contributed by atoms with Crippen LogP contribution in [0.2, 0.25) is 0 Å². The molecular formula is C26H28N6O8. The number of amidine groups is 1. The van der Waals surface area contributed by atoms with Crippen LogP contribution in [0.1, 0.15) is 57.3 Å². The Kier molecular flexibility index (Phi) is 8.29. The van der Waals surface area contributed by atoms with Crippen LogP contribution in [0.25, 0.3) is 0 Å². The molecule has 40 heavy (non-hydrogen) atoms. The zero-order chi connectivity index (χ0) is 29.0. The minimum atomic E-state index is -1.38. The lowest BCUT2D eigenvalue weighted by molar-refractivity contribution is -0.161. The zero-order valence-corrected chi connectivity index (χ0v) is 22.0. The number of hydrogen-bond acceptors (Lipinski definition) is 10. The van der Waals surface area contributed by atoms with Gasteiger partial charge in [0.15, 0.2) is 5.82 Å². The van der Waals surface area contributed by atoms with Crippen LogP contribution in [0.5, 0.6) is 0 Å². The molecule has 0 spiro atoms. The summed E-state index contributed by atoms with van der Waals surface area (Å²) >= 11 is 0. The molecule has 14 heteroatoms. The molecule has 0 aliphatic heterocycles. The van der Waals surface area contributed by atoms with Gasteiger partial charge in [0, 0.05) is 23.9 Å². The van der Waals surface area contributed by atoms with Crippen molar-refractivity contribution in [2.24, 2.45) is 10.7 Å². The summed E-state index contributed by atoms with van der Waals surface area (Å²) in [4.78, 5) is 58.3. The highest BCUT2D eigenvalue weighted by Gasteiger charge is 2.40. The average molecular weight is 553 g/mol. The molecule has 1 aliphatic rings. The molecule has 0 saturated heterocycles. The van der Waals surface area contributed by atoms with Crippen molar-refractivity contribution in [3.63, 3.8) is 0 Å². The van der Waals surface area contributed by atoms with E-state index in [-0.39, 0.29) is 23.3 Å². The number of nitrogens with one attached hydrogen (secondary N) is 2. The van der Waals surface area contributed by atoms with E-state index in [9.17, 15) is 24.3 Å². The van der Waals surface area contributed by atoms with Gasteiger partial charge in [-0.25, -0.2) is 19.5 Å². The van der Waals surface area contributed by atoms with Gasteiger partial charge in [-0.15, -0.1) is 0 Å². The Labute approximate surface area is 228 Å². The third-order valence-corrected chi connectivity index (χ3v) is 6.07. The average Bonchev–Trinajstić information content (AvgIpc) is 3.45. The number of carbonyl (C=O) groups excluding carboxylic acids is 4.